The topological polar surface area (TPSA) is 106 Å². The van der Waals surface area contributed by atoms with Crippen LogP contribution < -0.4 is 16.0 Å². The third-order valence-electron chi connectivity index (χ3n) is 3.56. The van der Waals surface area contributed by atoms with Gasteiger partial charge in [-0.25, -0.2) is 0 Å². The Balaban J connectivity index is 2.41. The number of carbonyl (C=O) groups excluding carboxylic acids is 3. The zero-order valence-electron chi connectivity index (χ0n) is 16.2. The van der Waals surface area contributed by atoms with Crippen LogP contribution >= 0.6 is 12.2 Å². The number of hydrogen-bond donors (Lipinski definition) is 3. The smallest absolute Gasteiger partial charge is 0.306 e. The van der Waals surface area contributed by atoms with E-state index in [4.69, 9.17) is 21.7 Å². The number of carbonyl (C=O) groups is 3. The molecule has 0 aliphatic rings. The number of esters is 1. The highest BCUT2D eigenvalue weighted by molar-refractivity contribution is 7.80. The molecule has 0 aromatic heterocycles. The molecule has 8 nitrogen and oxygen atoms in total. The average molecular weight is 410 g/mol. The van der Waals surface area contributed by atoms with Crippen LogP contribution in [0.1, 0.15) is 43.0 Å². The number of benzene rings is 1. The van der Waals surface area contributed by atoms with Gasteiger partial charge >= 0.3 is 5.97 Å². The molecule has 28 heavy (non-hydrogen) atoms. The van der Waals surface area contributed by atoms with Crippen LogP contribution in [-0.2, 0) is 19.1 Å². The predicted octanol–water partition coefficient (Wildman–Crippen LogP) is 2.00. The first-order valence-electron chi connectivity index (χ1n) is 9.10. The van der Waals surface area contributed by atoms with Gasteiger partial charge in [-0.05, 0) is 36.8 Å². The van der Waals surface area contributed by atoms with E-state index in [1.54, 1.807) is 24.3 Å². The van der Waals surface area contributed by atoms with Gasteiger partial charge in [-0.1, -0.05) is 19.4 Å². The molecule has 1 rings (SSSR count). The first kappa shape index (κ1) is 23.5. The molecule has 0 spiro atoms. The van der Waals surface area contributed by atoms with Crippen LogP contribution in [0.25, 0.3) is 0 Å². The monoisotopic (exact) mass is 409 g/mol. The first-order chi connectivity index (χ1) is 13.5. The number of methoxy groups -OCH3 is 1. The van der Waals surface area contributed by atoms with Crippen LogP contribution in [0.4, 0.5) is 5.69 Å². The molecule has 0 bridgehead atoms. The Bertz CT molecular complexity index is 681. The molecule has 2 amide bonds. The quantitative estimate of drug-likeness (QED) is 0.292. The summed E-state index contributed by atoms with van der Waals surface area (Å²) >= 11 is 5.10. The van der Waals surface area contributed by atoms with E-state index in [1.165, 1.54) is 7.11 Å². The molecule has 0 atom stereocenters. The van der Waals surface area contributed by atoms with E-state index < -0.39 is 11.9 Å². The zero-order valence-corrected chi connectivity index (χ0v) is 17.0. The fourth-order valence-electron chi connectivity index (χ4n) is 2.10. The summed E-state index contributed by atoms with van der Waals surface area (Å²) in [6, 6.07) is 6.79. The summed E-state index contributed by atoms with van der Waals surface area (Å²) in [6.45, 7) is 3.13. The Labute approximate surface area is 170 Å². The molecule has 1 aromatic carbocycles. The SMILES string of the molecule is CCCCNC(=O)c1cccc(NC(=S)NC(=O)CCC(=O)OCCOC)c1. The standard InChI is InChI=1S/C19H27N3O5S/c1-3-4-10-20-18(25)14-6-5-7-15(13-14)21-19(28)22-16(23)8-9-17(24)27-12-11-26-2/h5-7,13H,3-4,8-12H2,1-2H3,(H,20,25)(H2,21,22,23,28). The maximum Gasteiger partial charge on any atom is 0.306 e. The lowest BCUT2D eigenvalue weighted by Gasteiger charge is -2.11. The second kappa shape index (κ2) is 13.6. The highest BCUT2D eigenvalue weighted by atomic mass is 32.1. The van der Waals surface area contributed by atoms with Gasteiger partial charge in [0.25, 0.3) is 5.91 Å². The number of nitrogens with one attached hydrogen (secondary N) is 3. The number of unbranched alkanes of at least 4 members (excludes halogenated alkanes) is 1. The molecule has 0 fully saturated rings. The number of amides is 2. The maximum atomic E-state index is 12.1. The molecular formula is C19H27N3O5S. The van der Waals surface area contributed by atoms with Crippen LogP contribution in [0.15, 0.2) is 24.3 Å². The highest BCUT2D eigenvalue weighted by Gasteiger charge is 2.10. The highest BCUT2D eigenvalue weighted by Crippen LogP contribution is 2.10. The van der Waals surface area contributed by atoms with Gasteiger partial charge in [-0.2, -0.15) is 0 Å². The summed E-state index contributed by atoms with van der Waals surface area (Å²) in [6.07, 6.45) is 1.82. The Kier molecular flexibility index (Phi) is 11.4. The van der Waals surface area contributed by atoms with Gasteiger partial charge in [0.15, 0.2) is 5.11 Å². The summed E-state index contributed by atoms with van der Waals surface area (Å²) in [7, 11) is 1.50. The molecule has 9 heteroatoms. The third kappa shape index (κ3) is 9.98. The van der Waals surface area contributed by atoms with E-state index in [0.29, 0.717) is 24.4 Å². The molecule has 0 unspecified atom stereocenters. The van der Waals surface area contributed by atoms with Crippen molar-refractivity contribution in [2.45, 2.75) is 32.6 Å². The van der Waals surface area contributed by atoms with Gasteiger partial charge < -0.3 is 25.4 Å². The number of anilines is 1. The predicted molar refractivity (Wildman–Crippen MR) is 110 cm³/mol. The van der Waals surface area contributed by atoms with Gasteiger partial charge in [0.2, 0.25) is 5.91 Å². The van der Waals surface area contributed by atoms with Crippen molar-refractivity contribution in [2.24, 2.45) is 0 Å². The Morgan fingerprint density at radius 1 is 1.14 bits per heavy atom. The summed E-state index contributed by atoms with van der Waals surface area (Å²) in [5.74, 6) is -1.05. The summed E-state index contributed by atoms with van der Waals surface area (Å²) in [5, 5.41) is 8.26. The fraction of sp³-hybridized carbons (Fsp3) is 0.474. The number of hydrogen-bond acceptors (Lipinski definition) is 6. The minimum atomic E-state index is -0.479. The van der Waals surface area contributed by atoms with Crippen molar-refractivity contribution >= 4 is 40.8 Å². The van der Waals surface area contributed by atoms with E-state index in [2.05, 4.69) is 22.9 Å². The van der Waals surface area contributed by atoms with Gasteiger partial charge in [-0.3, -0.25) is 14.4 Å². The third-order valence-corrected chi connectivity index (χ3v) is 3.76. The van der Waals surface area contributed by atoms with Crippen LogP contribution in [0.3, 0.4) is 0 Å². The molecular weight excluding hydrogens is 382 g/mol. The second-order valence-electron chi connectivity index (χ2n) is 5.91. The van der Waals surface area contributed by atoms with E-state index in [-0.39, 0.29) is 30.5 Å². The normalized spacial score (nSPS) is 10.1. The van der Waals surface area contributed by atoms with Crippen molar-refractivity contribution in [1.82, 2.24) is 10.6 Å². The van der Waals surface area contributed by atoms with Crippen LogP contribution in [0.2, 0.25) is 0 Å². The zero-order chi connectivity index (χ0) is 20.8. The minimum Gasteiger partial charge on any atom is -0.463 e. The average Bonchev–Trinajstić information content (AvgIpc) is 2.67. The number of thiocarbonyl (C=S) groups is 1. The van der Waals surface area contributed by atoms with Crippen LogP contribution in [0, 0.1) is 0 Å². The van der Waals surface area contributed by atoms with Crippen molar-refractivity contribution in [2.75, 3.05) is 32.2 Å². The maximum absolute atomic E-state index is 12.1. The summed E-state index contributed by atoms with van der Waals surface area (Å²) in [4.78, 5) is 35.4. The van der Waals surface area contributed by atoms with E-state index in [9.17, 15) is 14.4 Å². The van der Waals surface area contributed by atoms with Crippen molar-refractivity contribution < 1.29 is 23.9 Å². The minimum absolute atomic E-state index is 0.0481. The van der Waals surface area contributed by atoms with Crippen LogP contribution in [-0.4, -0.2) is 49.8 Å². The lowest BCUT2D eigenvalue weighted by atomic mass is 10.2. The fourth-order valence-corrected chi connectivity index (χ4v) is 2.33. The van der Waals surface area contributed by atoms with E-state index in [1.807, 2.05) is 0 Å². The van der Waals surface area contributed by atoms with Crippen molar-refractivity contribution in [3.63, 3.8) is 0 Å². The molecule has 0 aliphatic carbocycles. The van der Waals surface area contributed by atoms with Gasteiger partial charge in [0.05, 0.1) is 13.0 Å². The van der Waals surface area contributed by atoms with Crippen LogP contribution in [0.5, 0.6) is 0 Å². The van der Waals surface area contributed by atoms with E-state index >= 15 is 0 Å². The molecule has 154 valence electrons. The molecule has 0 radical (unpaired) electrons. The van der Waals surface area contributed by atoms with Gasteiger partial charge in [-0.15, -0.1) is 0 Å². The number of rotatable bonds is 11. The largest absolute Gasteiger partial charge is 0.463 e. The summed E-state index contributed by atoms with van der Waals surface area (Å²) in [5.41, 5.74) is 1.07. The van der Waals surface area contributed by atoms with Gasteiger partial charge in [0, 0.05) is 31.3 Å². The number of ether oxygens (including phenoxy) is 2. The molecule has 0 heterocycles. The second-order valence-corrected chi connectivity index (χ2v) is 6.31. The molecule has 0 saturated heterocycles. The Hall–Kier alpha value is -2.52. The lowest BCUT2D eigenvalue weighted by molar-refractivity contribution is -0.146. The first-order valence-corrected chi connectivity index (χ1v) is 9.50. The van der Waals surface area contributed by atoms with Gasteiger partial charge in [0.1, 0.15) is 6.61 Å². The van der Waals surface area contributed by atoms with Crippen molar-refractivity contribution in [1.29, 1.82) is 0 Å². The Morgan fingerprint density at radius 2 is 1.93 bits per heavy atom. The Morgan fingerprint density at radius 3 is 2.64 bits per heavy atom. The van der Waals surface area contributed by atoms with Crippen molar-refractivity contribution in [3.05, 3.63) is 29.8 Å². The summed E-state index contributed by atoms with van der Waals surface area (Å²) < 4.78 is 9.64. The van der Waals surface area contributed by atoms with Crippen molar-refractivity contribution in [3.8, 4) is 0 Å². The molecule has 3 N–H and O–H groups in total. The molecule has 1 aromatic rings. The molecule has 0 aliphatic heterocycles. The lowest BCUT2D eigenvalue weighted by Crippen LogP contribution is -2.34. The van der Waals surface area contributed by atoms with E-state index in [0.717, 1.165) is 12.8 Å². The molecule has 0 saturated carbocycles.